The number of esters is 2. The first-order valence-electron chi connectivity index (χ1n) is 5.48. The highest BCUT2D eigenvalue weighted by molar-refractivity contribution is 5.71. The first-order chi connectivity index (χ1) is 7.96. The van der Waals surface area contributed by atoms with Gasteiger partial charge in [0.05, 0.1) is 6.10 Å². The molecule has 15 heavy (non-hydrogen) atoms. The lowest BCUT2D eigenvalue weighted by molar-refractivity contribution is -0.173. The first-order valence-corrected chi connectivity index (χ1v) is 4.07. The summed E-state index contributed by atoms with van der Waals surface area (Å²) in [4.78, 5) is 32.4. The minimum atomic E-state index is -1.48. The number of aliphatic hydroxyl groups is 1. The van der Waals surface area contributed by atoms with E-state index >= 15 is 0 Å². The molecule has 0 aliphatic rings. The Balaban J connectivity index is 4.68. The normalized spacial score (nSPS) is 17.7. The number of rotatable bonds is 5. The molecule has 0 heterocycles. The van der Waals surface area contributed by atoms with Crippen molar-refractivity contribution in [2.24, 2.45) is 0 Å². The van der Waals surface area contributed by atoms with E-state index in [9.17, 15) is 19.5 Å². The van der Waals surface area contributed by atoms with Gasteiger partial charge in [-0.1, -0.05) is 0 Å². The number of ether oxygens (including phenoxy) is 2. The van der Waals surface area contributed by atoms with Gasteiger partial charge in [-0.2, -0.15) is 0 Å². The van der Waals surface area contributed by atoms with E-state index < -0.39 is 44.1 Å². The summed E-state index contributed by atoms with van der Waals surface area (Å²) in [5.41, 5.74) is 0. The fraction of sp³-hybridized carbons (Fsp3) is 0.667. The third-order valence-electron chi connectivity index (χ3n) is 1.47. The van der Waals surface area contributed by atoms with Gasteiger partial charge in [0.1, 0.15) is 0 Å². The SMILES string of the molecule is [2H]CC(=O)O[C@H]([C@H](C=O)OC(=O)C[2H])[C@@H](C)O. The van der Waals surface area contributed by atoms with Gasteiger partial charge in [0.2, 0.25) is 0 Å². The molecular formula is C9H14O6. The van der Waals surface area contributed by atoms with Crippen molar-refractivity contribution in [3.05, 3.63) is 0 Å². The molecular weight excluding hydrogens is 204 g/mol. The Kier molecular flexibility index (Phi) is 4.13. The lowest BCUT2D eigenvalue weighted by Gasteiger charge is -2.24. The van der Waals surface area contributed by atoms with Crippen LogP contribution in [-0.4, -0.2) is 41.6 Å². The van der Waals surface area contributed by atoms with Crippen molar-refractivity contribution < 1.29 is 31.7 Å². The maximum Gasteiger partial charge on any atom is 0.303 e. The zero-order valence-electron chi connectivity index (χ0n) is 10.2. The summed E-state index contributed by atoms with van der Waals surface area (Å²) in [6, 6.07) is 0. The molecule has 0 aromatic rings. The van der Waals surface area contributed by atoms with Gasteiger partial charge in [0.15, 0.2) is 18.5 Å². The summed E-state index contributed by atoms with van der Waals surface area (Å²) < 4.78 is 22.6. The average molecular weight is 220 g/mol. The Bertz CT molecular complexity index is 281. The van der Waals surface area contributed by atoms with Crippen LogP contribution in [0, 0.1) is 0 Å². The van der Waals surface area contributed by atoms with Crippen LogP contribution >= 0.6 is 0 Å². The molecule has 0 amide bonds. The van der Waals surface area contributed by atoms with Gasteiger partial charge >= 0.3 is 11.9 Å². The molecule has 0 unspecified atom stereocenters. The summed E-state index contributed by atoms with van der Waals surface area (Å²) in [7, 11) is 0. The van der Waals surface area contributed by atoms with Gasteiger partial charge in [-0.25, -0.2) is 0 Å². The molecule has 0 radical (unpaired) electrons. The van der Waals surface area contributed by atoms with Crippen LogP contribution in [0.4, 0.5) is 0 Å². The van der Waals surface area contributed by atoms with E-state index in [1.54, 1.807) is 0 Å². The molecule has 3 atom stereocenters. The van der Waals surface area contributed by atoms with Crippen LogP contribution in [0.15, 0.2) is 0 Å². The van der Waals surface area contributed by atoms with Crippen molar-refractivity contribution in [3.8, 4) is 0 Å². The topological polar surface area (TPSA) is 89.9 Å². The van der Waals surface area contributed by atoms with Crippen LogP contribution < -0.4 is 0 Å². The molecule has 0 fully saturated rings. The smallest absolute Gasteiger partial charge is 0.303 e. The zero-order valence-corrected chi connectivity index (χ0v) is 8.21. The first kappa shape index (κ1) is 10.1. The summed E-state index contributed by atoms with van der Waals surface area (Å²) in [5.74, 6) is -1.93. The third kappa shape index (κ3) is 5.11. The standard InChI is InChI=1S/C9H14O6/c1-5(11)9(15-7(3)13)8(4-10)14-6(2)12/h4-5,8-9,11H,1-3H3/t5-,8+,9+/m1/s1/i2D,3D. The molecule has 0 aromatic carbocycles. The summed E-state index contributed by atoms with van der Waals surface area (Å²) in [6.07, 6.45) is -3.91. The van der Waals surface area contributed by atoms with Gasteiger partial charge in [0, 0.05) is 16.5 Å². The van der Waals surface area contributed by atoms with E-state index in [2.05, 4.69) is 9.47 Å². The molecule has 0 aliphatic carbocycles. The highest BCUT2D eigenvalue weighted by atomic mass is 16.6. The van der Waals surface area contributed by atoms with E-state index in [-0.39, 0.29) is 6.29 Å². The minimum Gasteiger partial charge on any atom is -0.455 e. The summed E-state index contributed by atoms with van der Waals surface area (Å²) in [5, 5.41) is 9.31. The lowest BCUT2D eigenvalue weighted by Crippen LogP contribution is -2.42. The number of hydrogen-bond acceptors (Lipinski definition) is 6. The van der Waals surface area contributed by atoms with Crippen LogP contribution in [0.1, 0.15) is 23.5 Å². The number of aldehydes is 1. The predicted molar refractivity (Wildman–Crippen MR) is 48.9 cm³/mol. The van der Waals surface area contributed by atoms with Crippen LogP contribution in [0.5, 0.6) is 0 Å². The number of carbonyl (C=O) groups is 3. The highest BCUT2D eigenvalue weighted by Gasteiger charge is 2.30. The largest absolute Gasteiger partial charge is 0.455 e. The van der Waals surface area contributed by atoms with Crippen molar-refractivity contribution in [3.63, 3.8) is 0 Å². The molecule has 86 valence electrons. The molecule has 0 saturated heterocycles. The molecule has 0 rings (SSSR count). The number of aliphatic hydroxyl groups excluding tert-OH is 1. The van der Waals surface area contributed by atoms with E-state index in [4.69, 9.17) is 2.74 Å². The van der Waals surface area contributed by atoms with Crippen LogP contribution in [0.3, 0.4) is 0 Å². The van der Waals surface area contributed by atoms with Gasteiger partial charge < -0.3 is 14.6 Å². The van der Waals surface area contributed by atoms with Crippen LogP contribution in [0.25, 0.3) is 0 Å². The maximum absolute atomic E-state index is 10.9. The molecule has 0 saturated carbocycles. The monoisotopic (exact) mass is 220 g/mol. The fourth-order valence-electron chi connectivity index (χ4n) is 0.916. The maximum atomic E-state index is 10.9. The quantitative estimate of drug-likeness (QED) is 0.493. The Morgan fingerprint density at radius 3 is 2.27 bits per heavy atom. The van der Waals surface area contributed by atoms with Crippen molar-refractivity contribution in [1.29, 1.82) is 0 Å². The van der Waals surface area contributed by atoms with Crippen molar-refractivity contribution in [2.45, 2.75) is 39.0 Å². The van der Waals surface area contributed by atoms with Crippen LogP contribution in [0.2, 0.25) is 0 Å². The second-order valence-electron chi connectivity index (χ2n) is 2.79. The van der Waals surface area contributed by atoms with Gasteiger partial charge in [-0.3, -0.25) is 14.4 Å². The Hall–Kier alpha value is -1.43. The van der Waals surface area contributed by atoms with E-state index in [0.29, 0.717) is 0 Å². The zero-order chi connectivity index (χ0) is 13.4. The van der Waals surface area contributed by atoms with E-state index in [1.165, 1.54) is 6.92 Å². The molecule has 0 spiro atoms. The Labute approximate surface area is 90.0 Å². The second-order valence-corrected chi connectivity index (χ2v) is 2.79. The summed E-state index contributed by atoms with van der Waals surface area (Å²) in [6.45, 7) is -0.128. The predicted octanol–water partition coefficient (Wildman–Crippen LogP) is -0.571. The average Bonchev–Trinajstić information content (AvgIpc) is 2.32. The van der Waals surface area contributed by atoms with E-state index in [1.807, 2.05) is 0 Å². The van der Waals surface area contributed by atoms with Crippen LogP contribution in [-0.2, 0) is 23.9 Å². The fourth-order valence-corrected chi connectivity index (χ4v) is 0.916. The van der Waals surface area contributed by atoms with Gasteiger partial charge in [-0.05, 0) is 6.92 Å². The number of carbonyl (C=O) groups excluding carboxylic acids is 3. The van der Waals surface area contributed by atoms with E-state index in [0.717, 1.165) is 0 Å². The van der Waals surface area contributed by atoms with Crippen molar-refractivity contribution in [2.75, 3.05) is 0 Å². The highest BCUT2D eigenvalue weighted by Crippen LogP contribution is 2.08. The molecule has 0 aliphatic heterocycles. The van der Waals surface area contributed by atoms with Gasteiger partial charge in [-0.15, -0.1) is 0 Å². The third-order valence-corrected chi connectivity index (χ3v) is 1.47. The number of hydrogen-bond donors (Lipinski definition) is 1. The van der Waals surface area contributed by atoms with Crippen molar-refractivity contribution >= 4 is 18.2 Å². The van der Waals surface area contributed by atoms with Gasteiger partial charge in [0.25, 0.3) is 0 Å². The second kappa shape index (κ2) is 6.13. The Morgan fingerprint density at radius 1 is 1.33 bits per heavy atom. The minimum absolute atomic E-state index is 0.197. The molecule has 1 N–H and O–H groups in total. The molecule has 6 heteroatoms. The Morgan fingerprint density at radius 2 is 1.87 bits per heavy atom. The lowest BCUT2D eigenvalue weighted by atomic mass is 10.1. The molecule has 6 nitrogen and oxygen atoms in total. The molecule has 0 bridgehead atoms. The van der Waals surface area contributed by atoms with Crippen molar-refractivity contribution in [1.82, 2.24) is 0 Å². The summed E-state index contributed by atoms with van der Waals surface area (Å²) >= 11 is 0. The molecule has 0 aromatic heterocycles.